The van der Waals surface area contributed by atoms with Crippen LogP contribution in [0.5, 0.6) is 0 Å². The van der Waals surface area contributed by atoms with Crippen LogP contribution in [0.15, 0.2) is 58.1 Å². The number of hydrogen-bond acceptors (Lipinski definition) is 6. The molecule has 0 unspecified atom stereocenters. The van der Waals surface area contributed by atoms with Gasteiger partial charge in [0.2, 0.25) is 5.69 Å². The standard InChI is InChI=1S/C24H23F4N5O4/c25-18-6-1-2-7-19(18)33-23(36)32(15-16-4-3-5-17(14-16)24(26,27)28)22(35)20(30-33)21(34)29-8-9-31-10-12-37-13-11-31/h1-7,14H,8-13,15H2,(H,29,34). The summed E-state index contributed by atoms with van der Waals surface area (Å²) in [5.74, 6) is -1.75. The monoisotopic (exact) mass is 521 g/mol. The van der Waals surface area contributed by atoms with E-state index in [4.69, 9.17) is 4.74 Å². The van der Waals surface area contributed by atoms with Crippen molar-refractivity contribution in [2.75, 3.05) is 39.4 Å². The van der Waals surface area contributed by atoms with E-state index in [1.807, 2.05) is 4.90 Å². The second-order valence-electron chi connectivity index (χ2n) is 8.29. The molecule has 0 atom stereocenters. The van der Waals surface area contributed by atoms with Crippen molar-refractivity contribution in [3.8, 4) is 5.69 Å². The highest BCUT2D eigenvalue weighted by Crippen LogP contribution is 2.29. The number of aromatic nitrogens is 3. The van der Waals surface area contributed by atoms with Gasteiger partial charge in [-0.05, 0) is 29.8 Å². The summed E-state index contributed by atoms with van der Waals surface area (Å²) in [7, 11) is 0. The molecule has 0 radical (unpaired) electrons. The van der Waals surface area contributed by atoms with Crippen LogP contribution < -0.4 is 16.6 Å². The van der Waals surface area contributed by atoms with E-state index in [2.05, 4.69) is 10.4 Å². The van der Waals surface area contributed by atoms with Crippen LogP contribution in [-0.2, 0) is 17.5 Å². The predicted octanol–water partition coefficient (Wildman–Crippen LogP) is 1.66. The minimum atomic E-state index is -4.64. The van der Waals surface area contributed by atoms with Crippen molar-refractivity contribution >= 4 is 5.91 Å². The Hall–Kier alpha value is -3.84. The van der Waals surface area contributed by atoms with Gasteiger partial charge in [-0.15, -0.1) is 0 Å². The molecule has 3 aromatic rings. The van der Waals surface area contributed by atoms with E-state index in [1.54, 1.807) is 0 Å². The maximum absolute atomic E-state index is 14.5. The second kappa shape index (κ2) is 11.0. The van der Waals surface area contributed by atoms with Gasteiger partial charge in [-0.3, -0.25) is 19.1 Å². The van der Waals surface area contributed by atoms with Crippen LogP contribution in [0.1, 0.15) is 21.6 Å². The minimum absolute atomic E-state index is 0.0148. The zero-order chi connectivity index (χ0) is 26.6. The van der Waals surface area contributed by atoms with Gasteiger partial charge in [0.1, 0.15) is 11.5 Å². The molecule has 0 saturated carbocycles. The predicted molar refractivity (Wildman–Crippen MR) is 124 cm³/mol. The van der Waals surface area contributed by atoms with E-state index in [0.29, 0.717) is 42.1 Å². The average Bonchev–Trinajstić information content (AvgIpc) is 2.87. The molecule has 37 heavy (non-hydrogen) atoms. The number of nitrogens with one attached hydrogen (secondary N) is 1. The molecule has 1 N–H and O–H groups in total. The summed E-state index contributed by atoms with van der Waals surface area (Å²) in [5.41, 5.74) is -4.23. The van der Waals surface area contributed by atoms with Gasteiger partial charge < -0.3 is 10.1 Å². The van der Waals surface area contributed by atoms with Crippen LogP contribution in [0.2, 0.25) is 0 Å². The summed E-state index contributed by atoms with van der Waals surface area (Å²) in [6, 6.07) is 9.18. The molecular formula is C24H23F4N5O4. The van der Waals surface area contributed by atoms with Crippen LogP contribution in [0.3, 0.4) is 0 Å². The number of benzene rings is 2. The van der Waals surface area contributed by atoms with Crippen LogP contribution in [0.25, 0.3) is 5.69 Å². The molecule has 2 aromatic carbocycles. The molecule has 13 heteroatoms. The Morgan fingerprint density at radius 1 is 1.05 bits per heavy atom. The van der Waals surface area contributed by atoms with Gasteiger partial charge in [0.25, 0.3) is 11.5 Å². The average molecular weight is 521 g/mol. The van der Waals surface area contributed by atoms with Crippen molar-refractivity contribution in [3.05, 3.63) is 92.0 Å². The van der Waals surface area contributed by atoms with Crippen molar-refractivity contribution in [2.45, 2.75) is 12.7 Å². The molecule has 9 nitrogen and oxygen atoms in total. The first-order valence-corrected chi connectivity index (χ1v) is 11.4. The molecule has 1 saturated heterocycles. The van der Waals surface area contributed by atoms with Gasteiger partial charge in [-0.1, -0.05) is 24.3 Å². The third kappa shape index (κ3) is 6.12. The summed E-state index contributed by atoms with van der Waals surface area (Å²) in [6.45, 7) is 2.51. The molecule has 1 amide bonds. The van der Waals surface area contributed by atoms with Gasteiger partial charge in [0.15, 0.2) is 0 Å². The fourth-order valence-corrected chi connectivity index (χ4v) is 3.84. The number of carbonyl (C=O) groups excluding carboxylic acids is 1. The van der Waals surface area contributed by atoms with Crippen LogP contribution in [0.4, 0.5) is 17.6 Å². The molecule has 0 aliphatic carbocycles. The van der Waals surface area contributed by atoms with E-state index in [0.717, 1.165) is 24.3 Å². The lowest BCUT2D eigenvalue weighted by Gasteiger charge is -2.26. The fraction of sp³-hybridized carbons (Fsp3) is 0.333. The summed E-state index contributed by atoms with van der Waals surface area (Å²) in [5, 5.41) is 6.40. The molecule has 0 spiro atoms. The number of morpholine rings is 1. The van der Waals surface area contributed by atoms with Gasteiger partial charge >= 0.3 is 11.9 Å². The number of carbonyl (C=O) groups is 1. The Kier molecular flexibility index (Phi) is 7.83. The lowest BCUT2D eigenvalue weighted by Crippen LogP contribution is -2.47. The summed E-state index contributed by atoms with van der Waals surface area (Å²) >= 11 is 0. The molecule has 1 aromatic heterocycles. The Morgan fingerprint density at radius 3 is 2.49 bits per heavy atom. The normalized spacial score (nSPS) is 14.5. The molecular weight excluding hydrogens is 498 g/mol. The Balaban J connectivity index is 1.71. The van der Waals surface area contributed by atoms with E-state index in [-0.39, 0.29) is 17.8 Å². The topological polar surface area (TPSA) is 98.5 Å². The number of ether oxygens (including phenoxy) is 1. The molecule has 4 rings (SSSR count). The summed E-state index contributed by atoms with van der Waals surface area (Å²) < 4.78 is 60.4. The number of hydrogen-bond donors (Lipinski definition) is 1. The van der Waals surface area contributed by atoms with E-state index < -0.39 is 47.0 Å². The Morgan fingerprint density at radius 2 is 1.78 bits per heavy atom. The third-order valence-electron chi connectivity index (χ3n) is 5.77. The Labute approximate surface area is 207 Å². The lowest BCUT2D eigenvalue weighted by atomic mass is 10.1. The summed E-state index contributed by atoms with van der Waals surface area (Å²) in [6.07, 6.45) is -4.64. The Bertz CT molecular complexity index is 1400. The lowest BCUT2D eigenvalue weighted by molar-refractivity contribution is -0.137. The largest absolute Gasteiger partial charge is 0.416 e. The highest BCUT2D eigenvalue weighted by molar-refractivity contribution is 5.91. The van der Waals surface area contributed by atoms with Crippen molar-refractivity contribution < 1.29 is 27.1 Å². The molecule has 196 valence electrons. The fourth-order valence-electron chi connectivity index (χ4n) is 3.84. The highest BCUT2D eigenvalue weighted by Gasteiger charge is 2.30. The van der Waals surface area contributed by atoms with E-state index in [9.17, 15) is 31.9 Å². The van der Waals surface area contributed by atoms with Gasteiger partial charge in [-0.25, -0.2) is 9.18 Å². The maximum atomic E-state index is 14.5. The number of alkyl halides is 3. The smallest absolute Gasteiger partial charge is 0.379 e. The van der Waals surface area contributed by atoms with Crippen molar-refractivity contribution in [1.29, 1.82) is 0 Å². The number of nitrogens with zero attached hydrogens (tertiary/aromatic N) is 4. The zero-order valence-electron chi connectivity index (χ0n) is 19.5. The van der Waals surface area contributed by atoms with E-state index >= 15 is 0 Å². The SMILES string of the molecule is O=C(NCCN1CCOCC1)c1nn(-c2ccccc2F)c(=O)n(Cc2cccc(C(F)(F)F)c2)c1=O. The molecule has 1 fully saturated rings. The van der Waals surface area contributed by atoms with Crippen LogP contribution in [0, 0.1) is 5.82 Å². The number of amides is 1. The van der Waals surface area contributed by atoms with Crippen LogP contribution >= 0.6 is 0 Å². The first kappa shape index (κ1) is 26.2. The summed E-state index contributed by atoms with van der Waals surface area (Å²) in [4.78, 5) is 41.2. The quantitative estimate of drug-likeness (QED) is 0.475. The molecule has 1 aliphatic heterocycles. The first-order valence-electron chi connectivity index (χ1n) is 11.4. The van der Waals surface area contributed by atoms with Crippen molar-refractivity contribution in [2.24, 2.45) is 0 Å². The van der Waals surface area contributed by atoms with Crippen molar-refractivity contribution in [3.63, 3.8) is 0 Å². The number of para-hydroxylation sites is 1. The van der Waals surface area contributed by atoms with Crippen LogP contribution in [-0.4, -0.2) is 64.5 Å². The number of rotatable bonds is 7. The number of halogens is 4. The zero-order valence-corrected chi connectivity index (χ0v) is 19.5. The highest BCUT2D eigenvalue weighted by atomic mass is 19.4. The van der Waals surface area contributed by atoms with Gasteiger partial charge in [-0.2, -0.15) is 23.0 Å². The second-order valence-corrected chi connectivity index (χ2v) is 8.29. The van der Waals surface area contributed by atoms with E-state index in [1.165, 1.54) is 24.3 Å². The maximum Gasteiger partial charge on any atom is 0.416 e. The van der Waals surface area contributed by atoms with Gasteiger partial charge in [0, 0.05) is 26.2 Å². The molecule has 1 aliphatic rings. The first-order chi connectivity index (χ1) is 17.6. The van der Waals surface area contributed by atoms with Crippen molar-refractivity contribution in [1.82, 2.24) is 24.6 Å². The molecule has 2 heterocycles. The molecule has 0 bridgehead atoms. The third-order valence-corrected chi connectivity index (χ3v) is 5.77. The van der Waals surface area contributed by atoms with Gasteiger partial charge in [0.05, 0.1) is 25.3 Å². The minimum Gasteiger partial charge on any atom is -0.379 e.